The van der Waals surface area contributed by atoms with Gasteiger partial charge in [-0.3, -0.25) is 0 Å². The first-order valence-electron chi connectivity index (χ1n) is 8.93. The smallest absolute Gasteiger partial charge is 0.416 e. The van der Waals surface area contributed by atoms with Crippen molar-refractivity contribution in [3.05, 3.63) is 62.0 Å². The second-order valence-corrected chi connectivity index (χ2v) is 9.47. The lowest BCUT2D eigenvalue weighted by Gasteiger charge is -2.24. The normalized spacial score (nSPS) is 12.3. The van der Waals surface area contributed by atoms with Gasteiger partial charge in [0.15, 0.2) is 0 Å². The molecule has 0 aliphatic rings. The van der Waals surface area contributed by atoms with E-state index in [4.69, 9.17) is 27.9 Å². The lowest BCUT2D eigenvalue weighted by atomic mass is 9.85. The molecule has 0 aliphatic carbocycles. The Kier molecular flexibility index (Phi) is 6.42. The number of hydrogen-bond acceptors (Lipinski definition) is 4. The second kappa shape index (κ2) is 8.44. The number of halogens is 5. The molecule has 0 atom stereocenters. The Bertz CT molecular complexity index is 1180. The Morgan fingerprint density at radius 2 is 1.77 bits per heavy atom. The molecule has 11 heteroatoms. The summed E-state index contributed by atoms with van der Waals surface area (Å²) in [6.45, 7) is 5.89. The molecule has 1 heterocycles. The van der Waals surface area contributed by atoms with Crippen LogP contribution in [0.3, 0.4) is 0 Å². The Morgan fingerprint density at radius 3 is 2.32 bits per heavy atom. The zero-order chi connectivity index (χ0) is 23.1. The van der Waals surface area contributed by atoms with E-state index in [1.165, 1.54) is 17.7 Å². The molecule has 0 radical (unpaired) electrons. The molecule has 5 nitrogen and oxygen atoms in total. The summed E-state index contributed by atoms with van der Waals surface area (Å²) in [5, 5.41) is 6.79. The van der Waals surface area contributed by atoms with Crippen molar-refractivity contribution in [3.8, 4) is 11.4 Å². The van der Waals surface area contributed by atoms with Crippen molar-refractivity contribution >= 4 is 35.0 Å². The highest BCUT2D eigenvalue weighted by atomic mass is 35.5. The van der Waals surface area contributed by atoms with E-state index in [1.807, 2.05) is 20.8 Å². The highest BCUT2D eigenvalue weighted by molar-refractivity contribution is 7.99. The minimum absolute atomic E-state index is 0.106. The van der Waals surface area contributed by atoms with Gasteiger partial charge in [-0.2, -0.15) is 13.2 Å². The maximum Gasteiger partial charge on any atom is 0.416 e. The van der Waals surface area contributed by atoms with Gasteiger partial charge in [-0.1, -0.05) is 44.0 Å². The summed E-state index contributed by atoms with van der Waals surface area (Å²) in [6, 6.07) is 6.34. The number of nitrogens with one attached hydrogen (secondary N) is 1. The van der Waals surface area contributed by atoms with E-state index in [-0.39, 0.29) is 10.2 Å². The predicted molar refractivity (Wildman–Crippen MR) is 115 cm³/mol. The fourth-order valence-corrected chi connectivity index (χ4v) is 4.29. The fraction of sp³-hybridized carbons (Fsp3) is 0.300. The molecule has 0 spiro atoms. The van der Waals surface area contributed by atoms with Gasteiger partial charge in [0.25, 0.3) is 0 Å². The fourth-order valence-electron chi connectivity index (χ4n) is 2.91. The average Bonchev–Trinajstić information content (AvgIpc) is 3.01. The zero-order valence-corrected chi connectivity index (χ0v) is 19.2. The maximum atomic E-state index is 12.9. The number of aromatic nitrogens is 3. The number of methoxy groups -OCH3 is 1. The molecule has 0 bridgehead atoms. The van der Waals surface area contributed by atoms with Crippen LogP contribution in [0.15, 0.2) is 45.2 Å². The van der Waals surface area contributed by atoms with Crippen LogP contribution in [0.5, 0.6) is 5.75 Å². The number of hydrogen-bond donors (Lipinski definition) is 1. The SMILES string of the molecule is COc1cc(C(C)(C)C)c(-n2c(Sc3ccc(C(F)(F)F)cc3Cl)n[nH]c2=O)cc1Cl. The van der Waals surface area contributed by atoms with Crippen LogP contribution in [0.4, 0.5) is 13.2 Å². The number of ether oxygens (including phenoxy) is 1. The summed E-state index contributed by atoms with van der Waals surface area (Å²) < 4.78 is 45.4. The van der Waals surface area contributed by atoms with Gasteiger partial charge in [0.05, 0.1) is 28.4 Å². The molecule has 0 fully saturated rings. The van der Waals surface area contributed by atoms with Crippen molar-refractivity contribution < 1.29 is 17.9 Å². The molecular formula is C20H18Cl2F3N3O2S. The molecule has 3 aromatic rings. The van der Waals surface area contributed by atoms with Gasteiger partial charge < -0.3 is 4.74 Å². The van der Waals surface area contributed by atoms with E-state index in [2.05, 4.69) is 10.2 Å². The standard InChI is InChI=1S/C20H18Cl2F3N3O2S/c1-19(2,3)11-8-15(30-4)12(21)9-14(11)28-17(29)26-27-18(28)31-16-6-5-10(7-13(16)22)20(23,24)25/h5-9H,1-4H3,(H,26,29). The molecular weight excluding hydrogens is 474 g/mol. The number of alkyl halides is 3. The van der Waals surface area contributed by atoms with E-state index < -0.39 is 22.8 Å². The van der Waals surface area contributed by atoms with Gasteiger partial charge in [-0.15, -0.1) is 5.10 Å². The predicted octanol–water partition coefficient (Wildman–Crippen LogP) is 6.34. The monoisotopic (exact) mass is 491 g/mol. The van der Waals surface area contributed by atoms with Crippen molar-refractivity contribution in [2.45, 2.75) is 42.4 Å². The summed E-state index contributed by atoms with van der Waals surface area (Å²) in [6.07, 6.45) is -4.51. The van der Waals surface area contributed by atoms with Crippen molar-refractivity contribution in [1.82, 2.24) is 14.8 Å². The first-order chi connectivity index (χ1) is 14.3. The minimum Gasteiger partial charge on any atom is -0.495 e. The third-order valence-corrected chi connectivity index (χ3v) is 6.17. The van der Waals surface area contributed by atoms with E-state index >= 15 is 0 Å². The third kappa shape index (κ3) is 4.88. The highest BCUT2D eigenvalue weighted by Crippen LogP contribution is 2.40. The Balaban J connectivity index is 2.13. The largest absolute Gasteiger partial charge is 0.495 e. The Labute approximate surface area is 190 Å². The molecule has 2 aromatic carbocycles. The molecule has 166 valence electrons. The molecule has 1 N–H and O–H groups in total. The van der Waals surface area contributed by atoms with Crippen LogP contribution in [0.1, 0.15) is 31.9 Å². The quantitative estimate of drug-likeness (QED) is 0.462. The van der Waals surface area contributed by atoms with Gasteiger partial charge in [-0.05, 0) is 53.1 Å². The molecule has 31 heavy (non-hydrogen) atoms. The minimum atomic E-state index is -4.51. The van der Waals surface area contributed by atoms with E-state index in [0.717, 1.165) is 29.5 Å². The van der Waals surface area contributed by atoms with E-state index in [0.29, 0.717) is 21.4 Å². The van der Waals surface area contributed by atoms with Gasteiger partial charge in [0.2, 0.25) is 5.16 Å². The number of nitrogens with zero attached hydrogens (tertiary/aromatic N) is 2. The van der Waals surface area contributed by atoms with E-state index in [1.54, 1.807) is 12.1 Å². The van der Waals surface area contributed by atoms with Crippen LogP contribution in [-0.4, -0.2) is 21.9 Å². The van der Waals surface area contributed by atoms with Crippen LogP contribution < -0.4 is 10.4 Å². The summed E-state index contributed by atoms with van der Waals surface area (Å²) in [5.74, 6) is 0.451. The molecule has 0 amide bonds. The number of rotatable bonds is 4. The summed E-state index contributed by atoms with van der Waals surface area (Å²) in [4.78, 5) is 12.9. The number of H-pyrrole nitrogens is 1. The van der Waals surface area contributed by atoms with Crippen LogP contribution in [0.25, 0.3) is 5.69 Å². The number of benzene rings is 2. The van der Waals surface area contributed by atoms with Crippen LogP contribution in [0.2, 0.25) is 10.0 Å². The van der Waals surface area contributed by atoms with Gasteiger partial charge in [0, 0.05) is 4.90 Å². The van der Waals surface area contributed by atoms with Gasteiger partial charge in [0.1, 0.15) is 5.75 Å². The van der Waals surface area contributed by atoms with Gasteiger partial charge in [-0.25, -0.2) is 14.5 Å². The van der Waals surface area contributed by atoms with Crippen LogP contribution in [-0.2, 0) is 11.6 Å². The molecule has 0 saturated heterocycles. The van der Waals surface area contributed by atoms with Crippen molar-refractivity contribution in [2.24, 2.45) is 0 Å². The maximum absolute atomic E-state index is 12.9. The summed E-state index contributed by atoms with van der Waals surface area (Å²) in [7, 11) is 1.49. The molecule has 0 aliphatic heterocycles. The Hall–Kier alpha value is -2.10. The molecule has 3 rings (SSSR count). The van der Waals surface area contributed by atoms with Crippen LogP contribution in [0, 0.1) is 0 Å². The lowest BCUT2D eigenvalue weighted by molar-refractivity contribution is -0.137. The van der Waals surface area contributed by atoms with E-state index in [9.17, 15) is 18.0 Å². The van der Waals surface area contributed by atoms with Crippen molar-refractivity contribution in [1.29, 1.82) is 0 Å². The highest BCUT2D eigenvalue weighted by Gasteiger charge is 2.31. The van der Waals surface area contributed by atoms with Crippen LogP contribution >= 0.6 is 35.0 Å². The number of aromatic amines is 1. The zero-order valence-electron chi connectivity index (χ0n) is 16.9. The van der Waals surface area contributed by atoms with Gasteiger partial charge >= 0.3 is 11.9 Å². The second-order valence-electron chi connectivity index (χ2n) is 7.65. The first kappa shape index (κ1) is 23.6. The topological polar surface area (TPSA) is 59.9 Å². The van der Waals surface area contributed by atoms with Crippen molar-refractivity contribution in [3.63, 3.8) is 0 Å². The first-order valence-corrected chi connectivity index (χ1v) is 10.5. The third-order valence-electron chi connectivity index (χ3n) is 4.42. The van der Waals surface area contributed by atoms with Crippen molar-refractivity contribution in [2.75, 3.05) is 7.11 Å². The Morgan fingerprint density at radius 1 is 1.10 bits per heavy atom. The lowest BCUT2D eigenvalue weighted by Crippen LogP contribution is -2.22. The molecule has 1 aromatic heterocycles. The summed E-state index contributed by atoms with van der Waals surface area (Å²) in [5.41, 5.74) is -0.548. The average molecular weight is 492 g/mol. The molecule has 0 saturated carbocycles. The molecule has 0 unspecified atom stereocenters. The summed E-state index contributed by atoms with van der Waals surface area (Å²) >= 11 is 13.3.